The van der Waals surface area contributed by atoms with Gasteiger partial charge in [-0.25, -0.2) is 0 Å². The lowest BCUT2D eigenvalue weighted by Gasteiger charge is -2.24. The highest BCUT2D eigenvalue weighted by atomic mass is 35.5. The SMILES string of the molecule is CC1=C(Nc2cccc(N)c2Cl)CCCC1O. The fourth-order valence-corrected chi connectivity index (χ4v) is 2.23. The largest absolute Gasteiger partial charge is 0.397 e. The molecular formula is C13H17ClN2O. The van der Waals surface area contributed by atoms with E-state index in [9.17, 15) is 5.11 Å². The third kappa shape index (κ3) is 2.56. The number of allylic oxidation sites excluding steroid dienone is 1. The fraction of sp³-hybridized carbons (Fsp3) is 0.385. The summed E-state index contributed by atoms with van der Waals surface area (Å²) in [7, 11) is 0. The summed E-state index contributed by atoms with van der Waals surface area (Å²) in [5.74, 6) is 0. The maximum Gasteiger partial charge on any atom is 0.0869 e. The lowest BCUT2D eigenvalue weighted by atomic mass is 9.94. The Labute approximate surface area is 106 Å². The molecule has 4 heteroatoms. The molecule has 3 nitrogen and oxygen atoms in total. The van der Waals surface area contributed by atoms with E-state index in [0.717, 1.165) is 36.2 Å². The molecule has 1 aromatic rings. The zero-order valence-corrected chi connectivity index (χ0v) is 10.6. The average molecular weight is 253 g/mol. The first-order valence-electron chi connectivity index (χ1n) is 5.78. The average Bonchev–Trinajstić information content (AvgIpc) is 2.31. The Morgan fingerprint density at radius 2 is 2.24 bits per heavy atom. The Kier molecular flexibility index (Phi) is 3.60. The van der Waals surface area contributed by atoms with Crippen molar-refractivity contribution in [2.24, 2.45) is 0 Å². The van der Waals surface area contributed by atoms with Crippen molar-refractivity contribution in [3.05, 3.63) is 34.5 Å². The molecule has 0 spiro atoms. The van der Waals surface area contributed by atoms with Crippen LogP contribution in [0.2, 0.25) is 5.02 Å². The van der Waals surface area contributed by atoms with E-state index in [0.29, 0.717) is 10.7 Å². The molecule has 0 bridgehead atoms. The van der Waals surface area contributed by atoms with Crippen LogP contribution in [0.3, 0.4) is 0 Å². The summed E-state index contributed by atoms with van der Waals surface area (Å²) in [6.07, 6.45) is 2.42. The molecule has 0 saturated heterocycles. The van der Waals surface area contributed by atoms with Gasteiger partial charge < -0.3 is 16.2 Å². The van der Waals surface area contributed by atoms with Crippen molar-refractivity contribution in [1.82, 2.24) is 0 Å². The van der Waals surface area contributed by atoms with E-state index < -0.39 is 0 Å². The minimum atomic E-state index is -0.342. The first-order chi connectivity index (χ1) is 8.09. The van der Waals surface area contributed by atoms with Gasteiger partial charge in [-0.2, -0.15) is 0 Å². The second kappa shape index (κ2) is 4.98. The monoisotopic (exact) mass is 252 g/mol. The van der Waals surface area contributed by atoms with E-state index in [-0.39, 0.29) is 6.10 Å². The van der Waals surface area contributed by atoms with Crippen LogP contribution in [0, 0.1) is 0 Å². The molecule has 0 radical (unpaired) electrons. The van der Waals surface area contributed by atoms with Gasteiger partial charge >= 0.3 is 0 Å². The Bertz CT molecular complexity index is 457. The number of aliphatic hydroxyl groups is 1. The van der Waals surface area contributed by atoms with Gasteiger partial charge in [-0.05, 0) is 43.9 Å². The Hall–Kier alpha value is -1.19. The standard InChI is InChI=1S/C13H17ClN2O/c1-8-10(5-3-7-12(8)17)16-11-6-2-4-9(15)13(11)14/h2,4,6,12,16-17H,3,5,7,15H2,1H3. The third-order valence-corrected chi connectivity index (χ3v) is 3.62. The number of nitrogens with one attached hydrogen (secondary N) is 1. The van der Waals surface area contributed by atoms with Gasteiger partial charge in [0.15, 0.2) is 0 Å². The number of rotatable bonds is 2. The number of anilines is 2. The zero-order chi connectivity index (χ0) is 12.4. The van der Waals surface area contributed by atoms with E-state index in [4.69, 9.17) is 17.3 Å². The number of hydrogen-bond donors (Lipinski definition) is 3. The van der Waals surface area contributed by atoms with E-state index in [1.165, 1.54) is 0 Å². The van der Waals surface area contributed by atoms with Crippen molar-refractivity contribution < 1.29 is 5.11 Å². The minimum Gasteiger partial charge on any atom is -0.397 e. The van der Waals surface area contributed by atoms with Gasteiger partial charge in [0.25, 0.3) is 0 Å². The summed E-state index contributed by atoms with van der Waals surface area (Å²) in [5, 5.41) is 13.6. The van der Waals surface area contributed by atoms with Crippen molar-refractivity contribution >= 4 is 23.0 Å². The van der Waals surface area contributed by atoms with E-state index in [1.54, 1.807) is 6.07 Å². The number of aliphatic hydroxyl groups excluding tert-OH is 1. The van der Waals surface area contributed by atoms with Crippen LogP contribution in [0.15, 0.2) is 29.5 Å². The van der Waals surface area contributed by atoms with E-state index in [2.05, 4.69) is 5.32 Å². The third-order valence-electron chi connectivity index (χ3n) is 3.19. The second-order valence-corrected chi connectivity index (χ2v) is 4.78. The molecular weight excluding hydrogens is 236 g/mol. The normalized spacial score (nSPS) is 20.5. The maximum absolute atomic E-state index is 9.79. The molecule has 1 atom stereocenters. The molecule has 0 aliphatic heterocycles. The predicted octanol–water partition coefficient (Wildman–Crippen LogP) is 3.15. The highest BCUT2D eigenvalue weighted by Gasteiger charge is 2.18. The molecule has 92 valence electrons. The van der Waals surface area contributed by atoms with Gasteiger partial charge in [0.05, 0.1) is 22.5 Å². The van der Waals surface area contributed by atoms with Crippen molar-refractivity contribution in [3.63, 3.8) is 0 Å². The summed E-state index contributed by atoms with van der Waals surface area (Å²) in [4.78, 5) is 0. The number of benzene rings is 1. The quantitative estimate of drug-likeness (QED) is 0.709. The Balaban J connectivity index is 2.26. The van der Waals surface area contributed by atoms with Crippen LogP contribution in [0.5, 0.6) is 0 Å². The van der Waals surface area contributed by atoms with Crippen LogP contribution in [-0.2, 0) is 0 Å². The van der Waals surface area contributed by atoms with Gasteiger partial charge in [0.1, 0.15) is 0 Å². The number of nitrogen functional groups attached to an aromatic ring is 1. The lowest BCUT2D eigenvalue weighted by Crippen LogP contribution is -2.19. The molecule has 0 aromatic heterocycles. The number of halogens is 1. The summed E-state index contributed by atoms with van der Waals surface area (Å²) >= 11 is 6.12. The molecule has 17 heavy (non-hydrogen) atoms. The van der Waals surface area contributed by atoms with E-state index >= 15 is 0 Å². The molecule has 4 N–H and O–H groups in total. The summed E-state index contributed by atoms with van der Waals surface area (Å²) in [6.45, 7) is 1.95. The van der Waals surface area contributed by atoms with E-state index in [1.807, 2.05) is 19.1 Å². The highest BCUT2D eigenvalue weighted by molar-refractivity contribution is 6.35. The lowest BCUT2D eigenvalue weighted by molar-refractivity contribution is 0.189. The predicted molar refractivity (Wildman–Crippen MR) is 72.0 cm³/mol. The van der Waals surface area contributed by atoms with Gasteiger partial charge in [0, 0.05) is 5.70 Å². The molecule has 1 aromatic carbocycles. The Morgan fingerprint density at radius 3 is 3.00 bits per heavy atom. The molecule has 0 fully saturated rings. The van der Waals surface area contributed by atoms with Crippen LogP contribution in [-0.4, -0.2) is 11.2 Å². The highest BCUT2D eigenvalue weighted by Crippen LogP contribution is 2.32. The van der Waals surface area contributed by atoms with Crippen molar-refractivity contribution in [2.75, 3.05) is 11.1 Å². The summed E-state index contributed by atoms with van der Waals surface area (Å²) < 4.78 is 0. The molecule has 0 amide bonds. The molecule has 0 saturated carbocycles. The number of nitrogens with two attached hydrogens (primary N) is 1. The van der Waals surface area contributed by atoms with Crippen LogP contribution in [0.4, 0.5) is 11.4 Å². The van der Waals surface area contributed by atoms with Gasteiger partial charge in [-0.3, -0.25) is 0 Å². The van der Waals surface area contributed by atoms with Crippen LogP contribution in [0.25, 0.3) is 0 Å². The van der Waals surface area contributed by atoms with Crippen molar-refractivity contribution in [2.45, 2.75) is 32.3 Å². The van der Waals surface area contributed by atoms with Crippen LogP contribution in [0.1, 0.15) is 26.2 Å². The van der Waals surface area contributed by atoms with Crippen molar-refractivity contribution in [1.29, 1.82) is 0 Å². The molecule has 1 aliphatic rings. The molecule has 0 heterocycles. The maximum atomic E-state index is 9.79. The first kappa shape index (κ1) is 12.3. The van der Waals surface area contributed by atoms with Gasteiger partial charge in [-0.15, -0.1) is 0 Å². The molecule has 1 aliphatic carbocycles. The topological polar surface area (TPSA) is 58.3 Å². The first-order valence-corrected chi connectivity index (χ1v) is 6.16. The molecule has 2 rings (SSSR count). The fourth-order valence-electron chi connectivity index (χ4n) is 2.06. The second-order valence-electron chi connectivity index (χ2n) is 4.40. The molecule has 1 unspecified atom stereocenters. The summed E-state index contributed by atoms with van der Waals surface area (Å²) in [5.41, 5.74) is 9.16. The Morgan fingerprint density at radius 1 is 1.47 bits per heavy atom. The zero-order valence-electron chi connectivity index (χ0n) is 9.83. The smallest absolute Gasteiger partial charge is 0.0869 e. The van der Waals surface area contributed by atoms with Crippen molar-refractivity contribution in [3.8, 4) is 0 Å². The summed E-state index contributed by atoms with van der Waals surface area (Å²) in [6, 6.07) is 5.52. The van der Waals surface area contributed by atoms with Gasteiger partial charge in [-0.1, -0.05) is 17.7 Å². The number of hydrogen-bond acceptors (Lipinski definition) is 3. The minimum absolute atomic E-state index is 0.342. The van der Waals surface area contributed by atoms with Gasteiger partial charge in [0.2, 0.25) is 0 Å². The van der Waals surface area contributed by atoms with Crippen LogP contribution >= 0.6 is 11.6 Å². The van der Waals surface area contributed by atoms with Crippen LogP contribution < -0.4 is 11.1 Å².